The predicted octanol–water partition coefficient (Wildman–Crippen LogP) is -0.453. The second-order valence-electron chi connectivity index (χ2n) is 5.25. The number of piperidine rings is 1. The maximum absolute atomic E-state index is 12.4. The molecule has 7 nitrogen and oxygen atoms in total. The lowest BCUT2D eigenvalue weighted by Gasteiger charge is -2.34. The normalized spacial score (nSPS) is 20.6. The standard InChI is InChI=1S/C13H21N5O2/c1-9(19)16-11-4-3-5-18(8-11)13(20)12(14)10-6-15-17(2)7-10/h6-7,11-12H,3-5,8,14H2,1-2H3,(H,16,19). The van der Waals surface area contributed by atoms with Crippen LogP contribution in [0, 0.1) is 0 Å². The highest BCUT2D eigenvalue weighted by Gasteiger charge is 2.28. The second kappa shape index (κ2) is 6.04. The number of carbonyl (C=O) groups is 2. The average Bonchev–Trinajstić information content (AvgIpc) is 2.83. The van der Waals surface area contributed by atoms with Gasteiger partial charge in [0.1, 0.15) is 6.04 Å². The summed E-state index contributed by atoms with van der Waals surface area (Å²) in [5, 5.41) is 6.89. The van der Waals surface area contributed by atoms with Crippen molar-refractivity contribution in [2.45, 2.75) is 31.8 Å². The van der Waals surface area contributed by atoms with Gasteiger partial charge in [0.05, 0.1) is 6.20 Å². The molecule has 1 aliphatic rings. The van der Waals surface area contributed by atoms with E-state index in [1.54, 1.807) is 29.0 Å². The van der Waals surface area contributed by atoms with Crippen LogP contribution in [-0.4, -0.2) is 45.6 Å². The van der Waals surface area contributed by atoms with Gasteiger partial charge in [-0.05, 0) is 12.8 Å². The number of amides is 2. The maximum atomic E-state index is 12.4. The first-order valence-electron chi connectivity index (χ1n) is 6.77. The quantitative estimate of drug-likeness (QED) is 0.783. The number of nitrogens with zero attached hydrogens (tertiary/aromatic N) is 3. The Labute approximate surface area is 118 Å². The van der Waals surface area contributed by atoms with Crippen LogP contribution in [0.2, 0.25) is 0 Å². The lowest BCUT2D eigenvalue weighted by molar-refractivity contribution is -0.134. The molecular formula is C13H21N5O2. The fraction of sp³-hybridized carbons (Fsp3) is 0.615. The van der Waals surface area contributed by atoms with E-state index >= 15 is 0 Å². The van der Waals surface area contributed by atoms with Crippen molar-refractivity contribution in [3.63, 3.8) is 0 Å². The first-order valence-corrected chi connectivity index (χ1v) is 6.77. The molecule has 1 saturated heterocycles. The molecule has 2 rings (SSSR count). The van der Waals surface area contributed by atoms with Crippen LogP contribution < -0.4 is 11.1 Å². The molecule has 7 heteroatoms. The van der Waals surface area contributed by atoms with Crippen molar-refractivity contribution in [1.29, 1.82) is 0 Å². The number of hydrogen-bond acceptors (Lipinski definition) is 4. The maximum Gasteiger partial charge on any atom is 0.244 e. The van der Waals surface area contributed by atoms with Crippen molar-refractivity contribution in [1.82, 2.24) is 20.0 Å². The van der Waals surface area contributed by atoms with E-state index in [-0.39, 0.29) is 17.9 Å². The summed E-state index contributed by atoms with van der Waals surface area (Å²) in [6.07, 6.45) is 5.12. The fourth-order valence-corrected chi connectivity index (χ4v) is 2.52. The molecule has 2 heterocycles. The van der Waals surface area contributed by atoms with Crippen molar-refractivity contribution >= 4 is 11.8 Å². The highest BCUT2D eigenvalue weighted by molar-refractivity contribution is 5.83. The topological polar surface area (TPSA) is 93.2 Å². The summed E-state index contributed by atoms with van der Waals surface area (Å²) in [5.74, 6) is -0.186. The predicted molar refractivity (Wildman–Crippen MR) is 73.6 cm³/mol. The van der Waals surface area contributed by atoms with Gasteiger partial charge in [0, 0.05) is 44.9 Å². The summed E-state index contributed by atoms with van der Waals surface area (Å²) in [7, 11) is 1.79. The Morgan fingerprint density at radius 3 is 2.90 bits per heavy atom. The summed E-state index contributed by atoms with van der Waals surface area (Å²) < 4.78 is 1.62. The summed E-state index contributed by atoms with van der Waals surface area (Å²) in [6.45, 7) is 2.69. The van der Waals surface area contributed by atoms with Crippen LogP contribution in [0.3, 0.4) is 0 Å². The van der Waals surface area contributed by atoms with E-state index in [9.17, 15) is 9.59 Å². The molecule has 20 heavy (non-hydrogen) atoms. The second-order valence-corrected chi connectivity index (χ2v) is 5.25. The summed E-state index contributed by atoms with van der Waals surface area (Å²) in [5.41, 5.74) is 6.71. The van der Waals surface area contributed by atoms with Crippen LogP contribution >= 0.6 is 0 Å². The summed E-state index contributed by atoms with van der Waals surface area (Å²) in [4.78, 5) is 25.2. The van der Waals surface area contributed by atoms with E-state index in [2.05, 4.69) is 10.4 Å². The SMILES string of the molecule is CC(=O)NC1CCCN(C(=O)C(N)c2cnn(C)c2)C1. The number of carbonyl (C=O) groups excluding carboxylic acids is 2. The molecular weight excluding hydrogens is 258 g/mol. The van der Waals surface area contributed by atoms with Gasteiger partial charge in [-0.25, -0.2) is 0 Å². The third-order valence-electron chi connectivity index (χ3n) is 3.49. The highest BCUT2D eigenvalue weighted by atomic mass is 16.2. The minimum atomic E-state index is -0.695. The van der Waals surface area contributed by atoms with Gasteiger partial charge >= 0.3 is 0 Å². The molecule has 1 fully saturated rings. The van der Waals surface area contributed by atoms with Gasteiger partial charge in [-0.2, -0.15) is 5.10 Å². The molecule has 1 aromatic heterocycles. The average molecular weight is 279 g/mol. The zero-order valence-electron chi connectivity index (χ0n) is 11.9. The molecule has 2 amide bonds. The van der Waals surface area contributed by atoms with Crippen molar-refractivity contribution in [2.75, 3.05) is 13.1 Å². The first-order chi connectivity index (χ1) is 9.47. The smallest absolute Gasteiger partial charge is 0.244 e. The number of likely N-dealkylation sites (tertiary alicyclic amines) is 1. The zero-order valence-corrected chi connectivity index (χ0v) is 11.9. The number of hydrogen-bond donors (Lipinski definition) is 2. The first kappa shape index (κ1) is 14.5. The third kappa shape index (κ3) is 3.36. The van der Waals surface area contributed by atoms with Gasteiger partial charge in [-0.3, -0.25) is 14.3 Å². The Balaban J connectivity index is 1.99. The van der Waals surface area contributed by atoms with Crippen molar-refractivity contribution in [3.05, 3.63) is 18.0 Å². The lowest BCUT2D eigenvalue weighted by atomic mass is 10.0. The molecule has 0 aromatic carbocycles. The minimum Gasteiger partial charge on any atom is -0.352 e. The Morgan fingerprint density at radius 2 is 2.30 bits per heavy atom. The van der Waals surface area contributed by atoms with E-state index in [1.165, 1.54) is 6.92 Å². The molecule has 1 aliphatic heterocycles. The van der Waals surface area contributed by atoms with Gasteiger partial charge in [-0.15, -0.1) is 0 Å². The van der Waals surface area contributed by atoms with Gasteiger partial charge in [0.2, 0.25) is 11.8 Å². The molecule has 110 valence electrons. The largest absolute Gasteiger partial charge is 0.352 e. The van der Waals surface area contributed by atoms with Crippen LogP contribution in [0.5, 0.6) is 0 Å². The Hall–Kier alpha value is -1.89. The van der Waals surface area contributed by atoms with Crippen LogP contribution in [0.15, 0.2) is 12.4 Å². The van der Waals surface area contributed by atoms with Crippen LogP contribution in [0.1, 0.15) is 31.4 Å². The molecule has 0 spiro atoms. The molecule has 2 atom stereocenters. The van der Waals surface area contributed by atoms with Crippen LogP contribution in [0.25, 0.3) is 0 Å². The van der Waals surface area contributed by atoms with E-state index in [1.807, 2.05) is 0 Å². The van der Waals surface area contributed by atoms with E-state index in [0.29, 0.717) is 18.7 Å². The van der Waals surface area contributed by atoms with E-state index < -0.39 is 6.04 Å². The number of aryl methyl sites for hydroxylation is 1. The molecule has 2 unspecified atom stereocenters. The van der Waals surface area contributed by atoms with Crippen LogP contribution in [-0.2, 0) is 16.6 Å². The Kier molecular flexibility index (Phi) is 4.39. The lowest BCUT2D eigenvalue weighted by Crippen LogP contribution is -2.51. The zero-order chi connectivity index (χ0) is 14.7. The molecule has 0 saturated carbocycles. The van der Waals surface area contributed by atoms with E-state index in [0.717, 1.165) is 12.8 Å². The van der Waals surface area contributed by atoms with Crippen LogP contribution in [0.4, 0.5) is 0 Å². The molecule has 0 radical (unpaired) electrons. The molecule has 0 bridgehead atoms. The van der Waals surface area contributed by atoms with E-state index in [4.69, 9.17) is 5.73 Å². The molecule has 1 aromatic rings. The highest BCUT2D eigenvalue weighted by Crippen LogP contribution is 2.17. The number of nitrogens with one attached hydrogen (secondary N) is 1. The number of rotatable bonds is 3. The van der Waals surface area contributed by atoms with Gasteiger partial charge in [0.25, 0.3) is 0 Å². The van der Waals surface area contributed by atoms with Gasteiger partial charge in [0.15, 0.2) is 0 Å². The monoisotopic (exact) mass is 279 g/mol. The third-order valence-corrected chi connectivity index (χ3v) is 3.49. The fourth-order valence-electron chi connectivity index (χ4n) is 2.52. The van der Waals surface area contributed by atoms with Crippen molar-refractivity contribution in [3.8, 4) is 0 Å². The number of aromatic nitrogens is 2. The number of nitrogens with two attached hydrogens (primary N) is 1. The van der Waals surface area contributed by atoms with Gasteiger partial charge < -0.3 is 16.0 Å². The van der Waals surface area contributed by atoms with Crippen molar-refractivity contribution in [2.24, 2.45) is 12.8 Å². The van der Waals surface area contributed by atoms with Crippen molar-refractivity contribution < 1.29 is 9.59 Å². The summed E-state index contributed by atoms with van der Waals surface area (Å²) >= 11 is 0. The molecule has 3 N–H and O–H groups in total. The minimum absolute atomic E-state index is 0.0197. The Morgan fingerprint density at radius 1 is 1.55 bits per heavy atom. The molecule has 0 aliphatic carbocycles. The van der Waals surface area contributed by atoms with Gasteiger partial charge in [-0.1, -0.05) is 0 Å². The summed E-state index contributed by atoms with van der Waals surface area (Å²) in [6, 6.07) is -0.675. The Bertz CT molecular complexity index is 499.